The van der Waals surface area contributed by atoms with Crippen LogP contribution in [0.4, 0.5) is 0 Å². The molecule has 0 aliphatic carbocycles. The molecule has 0 saturated heterocycles. The first-order valence-electron chi connectivity index (χ1n) is 4.06. The number of hydrogen-bond donors (Lipinski definition) is 0. The van der Waals surface area contributed by atoms with E-state index < -0.39 is 0 Å². The third kappa shape index (κ3) is 2.72. The third-order valence-electron chi connectivity index (χ3n) is 1.76. The van der Waals surface area contributed by atoms with Crippen molar-refractivity contribution >= 4 is 33.3 Å². The van der Waals surface area contributed by atoms with Crippen molar-refractivity contribution in [3.05, 3.63) is 27.2 Å². The van der Waals surface area contributed by atoms with Crippen molar-refractivity contribution in [2.45, 2.75) is 13.3 Å². The average molecular weight is 278 g/mol. The summed E-state index contributed by atoms with van der Waals surface area (Å²) in [5, 5.41) is 0.584. The van der Waals surface area contributed by atoms with Crippen molar-refractivity contribution in [2.75, 3.05) is 7.11 Å². The zero-order valence-electron chi connectivity index (χ0n) is 7.93. The van der Waals surface area contributed by atoms with Gasteiger partial charge in [-0.1, -0.05) is 27.5 Å². The smallest absolute Gasteiger partial charge is 0.134 e. The van der Waals surface area contributed by atoms with Crippen molar-refractivity contribution in [3.63, 3.8) is 0 Å². The van der Waals surface area contributed by atoms with E-state index in [1.807, 2.05) is 0 Å². The van der Waals surface area contributed by atoms with Gasteiger partial charge in [-0.15, -0.1) is 0 Å². The third-order valence-corrected chi connectivity index (χ3v) is 2.69. The minimum Gasteiger partial charge on any atom is -0.496 e. The van der Waals surface area contributed by atoms with Gasteiger partial charge in [-0.2, -0.15) is 0 Å². The van der Waals surface area contributed by atoms with Crippen LogP contribution in [0.1, 0.15) is 12.5 Å². The van der Waals surface area contributed by atoms with Crippen LogP contribution in [0.15, 0.2) is 16.6 Å². The second-order valence-electron chi connectivity index (χ2n) is 2.95. The van der Waals surface area contributed by atoms with E-state index in [4.69, 9.17) is 16.3 Å². The lowest BCUT2D eigenvalue weighted by molar-refractivity contribution is -0.116. The van der Waals surface area contributed by atoms with Crippen LogP contribution in [0, 0.1) is 0 Å². The lowest BCUT2D eigenvalue weighted by Crippen LogP contribution is -2.00. The lowest BCUT2D eigenvalue weighted by Gasteiger charge is -2.09. The second kappa shape index (κ2) is 4.80. The highest BCUT2D eigenvalue weighted by Crippen LogP contribution is 2.31. The van der Waals surface area contributed by atoms with E-state index in [0.717, 1.165) is 10.0 Å². The normalized spacial score (nSPS) is 10.0. The summed E-state index contributed by atoms with van der Waals surface area (Å²) in [4.78, 5) is 11.0. The molecule has 4 heteroatoms. The Morgan fingerprint density at radius 3 is 2.71 bits per heavy atom. The standard InChI is InChI=1S/C10H10BrClO2/c1-6(13)3-8-9(11)4-7(12)5-10(8)14-2/h4-5H,3H2,1-2H3. The van der Waals surface area contributed by atoms with E-state index in [0.29, 0.717) is 17.2 Å². The molecule has 0 spiro atoms. The average Bonchev–Trinajstić information content (AvgIpc) is 2.08. The predicted octanol–water partition coefficient (Wildman–Crippen LogP) is 3.24. The number of Topliss-reactive ketones (excluding diaryl/α,β-unsaturated/α-hetero) is 1. The number of halogens is 2. The molecule has 0 saturated carbocycles. The number of ether oxygens (including phenoxy) is 1. The Balaban J connectivity index is 3.18. The van der Waals surface area contributed by atoms with E-state index >= 15 is 0 Å². The van der Waals surface area contributed by atoms with Gasteiger partial charge in [0.15, 0.2) is 0 Å². The Kier molecular flexibility index (Phi) is 3.96. The zero-order valence-corrected chi connectivity index (χ0v) is 10.3. The summed E-state index contributed by atoms with van der Waals surface area (Å²) in [5.74, 6) is 0.728. The van der Waals surface area contributed by atoms with Gasteiger partial charge in [-0.05, 0) is 19.1 Å². The highest BCUT2D eigenvalue weighted by molar-refractivity contribution is 9.10. The molecule has 0 bridgehead atoms. The first kappa shape index (κ1) is 11.5. The van der Waals surface area contributed by atoms with Gasteiger partial charge in [0, 0.05) is 21.5 Å². The molecule has 0 aromatic heterocycles. The number of carbonyl (C=O) groups excluding carboxylic acids is 1. The topological polar surface area (TPSA) is 26.3 Å². The lowest BCUT2D eigenvalue weighted by atomic mass is 10.1. The Morgan fingerprint density at radius 1 is 1.57 bits per heavy atom. The van der Waals surface area contributed by atoms with Crippen molar-refractivity contribution in [3.8, 4) is 5.75 Å². The number of ketones is 1. The first-order valence-corrected chi connectivity index (χ1v) is 5.23. The minimum absolute atomic E-state index is 0.0892. The number of methoxy groups -OCH3 is 1. The van der Waals surface area contributed by atoms with Crippen LogP contribution in [0.25, 0.3) is 0 Å². The Bertz CT molecular complexity index is 363. The zero-order chi connectivity index (χ0) is 10.7. The molecular formula is C10H10BrClO2. The van der Waals surface area contributed by atoms with Crippen LogP contribution in [0.5, 0.6) is 5.75 Å². The van der Waals surface area contributed by atoms with Gasteiger partial charge in [0.25, 0.3) is 0 Å². The monoisotopic (exact) mass is 276 g/mol. The van der Waals surface area contributed by atoms with Gasteiger partial charge in [-0.25, -0.2) is 0 Å². The summed E-state index contributed by atoms with van der Waals surface area (Å²) in [6.45, 7) is 1.54. The van der Waals surface area contributed by atoms with E-state index in [2.05, 4.69) is 15.9 Å². The number of benzene rings is 1. The maximum Gasteiger partial charge on any atom is 0.134 e. The summed E-state index contributed by atoms with van der Waals surface area (Å²) in [6, 6.07) is 3.45. The van der Waals surface area contributed by atoms with Gasteiger partial charge >= 0.3 is 0 Å². The van der Waals surface area contributed by atoms with Crippen LogP contribution in [0.2, 0.25) is 5.02 Å². The maximum atomic E-state index is 11.0. The number of rotatable bonds is 3. The largest absolute Gasteiger partial charge is 0.496 e. The quantitative estimate of drug-likeness (QED) is 0.848. The van der Waals surface area contributed by atoms with Crippen LogP contribution < -0.4 is 4.74 Å². The van der Waals surface area contributed by atoms with E-state index in [1.54, 1.807) is 26.2 Å². The van der Waals surface area contributed by atoms with Gasteiger partial charge < -0.3 is 4.74 Å². The Morgan fingerprint density at radius 2 is 2.21 bits per heavy atom. The molecule has 0 N–H and O–H groups in total. The molecule has 1 aromatic rings. The molecule has 0 unspecified atom stereocenters. The van der Waals surface area contributed by atoms with Crippen molar-refractivity contribution < 1.29 is 9.53 Å². The van der Waals surface area contributed by atoms with Crippen LogP contribution in [-0.2, 0) is 11.2 Å². The summed E-state index contributed by atoms with van der Waals surface area (Å²) >= 11 is 9.19. The molecule has 1 aromatic carbocycles. The SMILES string of the molecule is COc1cc(Cl)cc(Br)c1CC(C)=O. The van der Waals surface area contributed by atoms with Gasteiger partial charge in [0.05, 0.1) is 7.11 Å². The molecule has 0 amide bonds. The molecule has 0 aliphatic heterocycles. The number of hydrogen-bond acceptors (Lipinski definition) is 2. The first-order chi connectivity index (χ1) is 6.54. The summed E-state index contributed by atoms with van der Waals surface area (Å²) in [7, 11) is 1.56. The molecule has 1 rings (SSSR count). The maximum absolute atomic E-state index is 11.0. The highest BCUT2D eigenvalue weighted by Gasteiger charge is 2.11. The Hall–Kier alpha value is -0.540. The fourth-order valence-electron chi connectivity index (χ4n) is 1.18. The molecule has 76 valence electrons. The molecule has 0 aliphatic rings. The van der Waals surface area contributed by atoms with Crippen LogP contribution in [-0.4, -0.2) is 12.9 Å². The Labute approximate surface area is 96.3 Å². The predicted molar refractivity (Wildman–Crippen MR) is 60.1 cm³/mol. The van der Waals surface area contributed by atoms with E-state index in [-0.39, 0.29) is 5.78 Å². The molecule has 2 nitrogen and oxygen atoms in total. The summed E-state index contributed by atoms with van der Waals surface area (Å²) in [6.07, 6.45) is 0.348. The molecule has 0 fully saturated rings. The molecule has 0 atom stereocenters. The van der Waals surface area contributed by atoms with Crippen molar-refractivity contribution in [1.29, 1.82) is 0 Å². The fraction of sp³-hybridized carbons (Fsp3) is 0.300. The molecule has 0 radical (unpaired) electrons. The van der Waals surface area contributed by atoms with E-state index in [9.17, 15) is 4.79 Å². The molecule has 0 heterocycles. The van der Waals surface area contributed by atoms with E-state index in [1.165, 1.54) is 0 Å². The molecular weight excluding hydrogens is 267 g/mol. The van der Waals surface area contributed by atoms with Gasteiger partial charge in [-0.3, -0.25) is 4.79 Å². The minimum atomic E-state index is 0.0892. The van der Waals surface area contributed by atoms with Crippen LogP contribution in [0.3, 0.4) is 0 Å². The van der Waals surface area contributed by atoms with Gasteiger partial charge in [0.1, 0.15) is 11.5 Å². The van der Waals surface area contributed by atoms with Gasteiger partial charge in [0.2, 0.25) is 0 Å². The molecule has 14 heavy (non-hydrogen) atoms. The number of carbonyl (C=O) groups is 1. The summed E-state index contributed by atoms with van der Waals surface area (Å²) < 4.78 is 5.94. The van der Waals surface area contributed by atoms with Crippen molar-refractivity contribution in [2.24, 2.45) is 0 Å². The fourth-order valence-corrected chi connectivity index (χ4v) is 2.10. The van der Waals surface area contributed by atoms with Crippen LogP contribution >= 0.6 is 27.5 Å². The van der Waals surface area contributed by atoms with Crippen molar-refractivity contribution in [1.82, 2.24) is 0 Å². The highest BCUT2D eigenvalue weighted by atomic mass is 79.9. The second-order valence-corrected chi connectivity index (χ2v) is 4.24. The summed E-state index contributed by atoms with van der Waals surface area (Å²) in [5.41, 5.74) is 0.837.